The van der Waals surface area contributed by atoms with Crippen molar-refractivity contribution in [1.29, 1.82) is 0 Å². The number of hydrogen-bond donors (Lipinski definition) is 4. The lowest BCUT2D eigenvalue weighted by Crippen LogP contribution is -2.01. The van der Waals surface area contributed by atoms with Gasteiger partial charge in [-0.15, -0.1) is 10.8 Å². The summed E-state index contributed by atoms with van der Waals surface area (Å²) in [5.74, 6) is -0.747. The van der Waals surface area contributed by atoms with Crippen LogP contribution in [-0.2, 0) is 17.0 Å². The van der Waals surface area contributed by atoms with Crippen molar-refractivity contribution >= 4 is 22.4 Å². The van der Waals surface area contributed by atoms with Crippen molar-refractivity contribution in [2.75, 3.05) is 4.72 Å². The van der Waals surface area contributed by atoms with Crippen molar-refractivity contribution in [3.8, 4) is 0 Å². The first-order valence-corrected chi connectivity index (χ1v) is 6.05. The normalized spacial score (nSPS) is 19.1. The van der Waals surface area contributed by atoms with E-state index in [1.54, 1.807) is 18.2 Å². The molecular weight excluding hydrogens is 218 g/mol. The van der Waals surface area contributed by atoms with E-state index in [1.807, 2.05) is 0 Å². The summed E-state index contributed by atoms with van der Waals surface area (Å²) < 4.78 is 21.4. The van der Waals surface area contributed by atoms with Crippen molar-refractivity contribution in [3.05, 3.63) is 29.3 Å². The number of fused-ring (bicyclic) bond motifs is 1. The molecule has 6 heteroatoms. The van der Waals surface area contributed by atoms with Gasteiger partial charge in [-0.2, -0.15) is 0 Å². The maximum absolute atomic E-state index is 10.5. The van der Waals surface area contributed by atoms with Crippen LogP contribution >= 0.6 is 10.8 Å². The van der Waals surface area contributed by atoms with Crippen molar-refractivity contribution in [2.45, 2.75) is 12.2 Å². The second kappa shape index (κ2) is 3.41. The molecule has 82 valence electrons. The van der Waals surface area contributed by atoms with Crippen molar-refractivity contribution in [3.63, 3.8) is 0 Å². The average Bonchev–Trinajstić information content (AvgIpc) is 2.36. The average molecular weight is 229 g/mol. The Morgan fingerprint density at radius 1 is 1.47 bits per heavy atom. The highest BCUT2D eigenvalue weighted by Gasteiger charge is 2.24. The molecule has 1 aromatic rings. The molecule has 1 aliphatic rings. The number of anilines is 1. The van der Waals surface area contributed by atoms with E-state index in [1.165, 1.54) is 0 Å². The summed E-state index contributed by atoms with van der Waals surface area (Å²) in [7, 11) is -2.75. The first kappa shape index (κ1) is 10.3. The lowest BCUT2D eigenvalue weighted by atomic mass is 10.1. The summed E-state index contributed by atoms with van der Waals surface area (Å²) in [6.07, 6.45) is -0.0491. The van der Waals surface area contributed by atoms with E-state index >= 15 is 0 Å². The molecule has 0 bridgehead atoms. The molecule has 4 N–H and O–H groups in total. The van der Waals surface area contributed by atoms with Gasteiger partial charge >= 0.3 is 5.97 Å². The summed E-state index contributed by atoms with van der Waals surface area (Å²) in [6.45, 7) is 0. The van der Waals surface area contributed by atoms with Gasteiger partial charge in [0.05, 0.1) is 17.9 Å². The van der Waals surface area contributed by atoms with Crippen LogP contribution in [0.15, 0.2) is 18.2 Å². The van der Waals surface area contributed by atoms with Crippen molar-refractivity contribution in [2.24, 2.45) is 0 Å². The summed E-state index contributed by atoms with van der Waals surface area (Å²) in [6, 6.07) is 5.03. The minimum Gasteiger partial charge on any atom is -0.481 e. The second-order valence-electron chi connectivity index (χ2n) is 3.48. The second-order valence-corrected chi connectivity index (χ2v) is 5.30. The highest BCUT2D eigenvalue weighted by Crippen LogP contribution is 2.50. The van der Waals surface area contributed by atoms with E-state index in [0.717, 1.165) is 5.56 Å². The van der Waals surface area contributed by atoms with E-state index in [9.17, 15) is 13.9 Å². The van der Waals surface area contributed by atoms with Crippen LogP contribution in [0.4, 0.5) is 5.69 Å². The van der Waals surface area contributed by atoms with E-state index < -0.39 is 16.7 Å². The Morgan fingerprint density at radius 2 is 2.20 bits per heavy atom. The standard InChI is InChI=1S/C9H11NO4S/c11-9(12)4-6-1-2-8-7(3-6)5-15(13,14)10-8/h1-3,10,13-14H,4-5H2,(H,11,12). The Kier molecular flexibility index (Phi) is 2.34. The van der Waals surface area contributed by atoms with Crippen LogP contribution in [0.1, 0.15) is 11.1 Å². The first-order valence-electron chi connectivity index (χ1n) is 4.33. The molecule has 0 aromatic heterocycles. The number of hydrogen-bond acceptors (Lipinski definition) is 4. The van der Waals surface area contributed by atoms with E-state index in [4.69, 9.17) is 5.11 Å². The van der Waals surface area contributed by atoms with Crippen LogP contribution in [0.3, 0.4) is 0 Å². The minimum atomic E-state index is -2.75. The SMILES string of the molecule is O=C(O)Cc1ccc2c(c1)CS(O)(O)N2. The molecule has 1 aromatic carbocycles. The molecule has 1 aliphatic heterocycles. The third kappa shape index (κ3) is 2.23. The maximum atomic E-state index is 10.5. The molecule has 0 fully saturated rings. The van der Waals surface area contributed by atoms with Gasteiger partial charge in [-0.1, -0.05) is 12.1 Å². The number of aliphatic carboxylic acids is 1. The van der Waals surface area contributed by atoms with Gasteiger partial charge in [0.2, 0.25) is 0 Å². The number of rotatable bonds is 2. The van der Waals surface area contributed by atoms with Gasteiger partial charge in [0, 0.05) is 0 Å². The number of carboxylic acid groups (broad SMARTS) is 1. The molecule has 0 atom stereocenters. The fraction of sp³-hybridized carbons (Fsp3) is 0.222. The molecule has 15 heavy (non-hydrogen) atoms. The Morgan fingerprint density at radius 3 is 2.87 bits per heavy atom. The first-order chi connectivity index (χ1) is 6.96. The quantitative estimate of drug-likeness (QED) is 0.622. The van der Waals surface area contributed by atoms with Crippen molar-refractivity contribution < 1.29 is 19.0 Å². The molecule has 5 nitrogen and oxygen atoms in total. The Bertz CT molecular complexity index is 419. The minimum absolute atomic E-state index is 0.0491. The van der Waals surface area contributed by atoms with E-state index in [-0.39, 0.29) is 12.2 Å². The summed E-state index contributed by atoms with van der Waals surface area (Å²) >= 11 is 0. The third-order valence-corrected chi connectivity index (χ3v) is 3.42. The Hall–Kier alpha value is -1.24. The predicted molar refractivity (Wildman–Crippen MR) is 58.0 cm³/mol. The number of carboxylic acids is 1. The van der Waals surface area contributed by atoms with Crippen LogP contribution in [0, 0.1) is 0 Å². The zero-order valence-electron chi connectivity index (χ0n) is 7.80. The molecular formula is C9H11NO4S. The molecule has 1 heterocycles. The van der Waals surface area contributed by atoms with Crippen LogP contribution in [0.2, 0.25) is 0 Å². The van der Waals surface area contributed by atoms with Gasteiger partial charge in [-0.25, -0.2) is 0 Å². The molecule has 2 rings (SSSR count). The summed E-state index contributed by atoms with van der Waals surface area (Å²) in [5.41, 5.74) is 2.10. The van der Waals surface area contributed by atoms with Gasteiger partial charge in [0.25, 0.3) is 0 Å². The summed E-state index contributed by atoms with van der Waals surface area (Å²) in [5, 5.41) is 8.61. The van der Waals surface area contributed by atoms with Crippen LogP contribution < -0.4 is 4.72 Å². The molecule has 0 aliphatic carbocycles. The molecule has 0 amide bonds. The largest absolute Gasteiger partial charge is 0.481 e. The molecule has 0 unspecified atom stereocenters. The Balaban J connectivity index is 2.26. The van der Waals surface area contributed by atoms with Crippen LogP contribution in [0.25, 0.3) is 0 Å². The van der Waals surface area contributed by atoms with Gasteiger partial charge < -0.3 is 5.11 Å². The lowest BCUT2D eigenvalue weighted by Gasteiger charge is -2.26. The fourth-order valence-corrected chi connectivity index (χ4v) is 2.88. The molecule has 0 saturated heterocycles. The number of carbonyl (C=O) groups is 1. The topological polar surface area (TPSA) is 89.8 Å². The van der Waals surface area contributed by atoms with Crippen LogP contribution in [-0.4, -0.2) is 20.2 Å². The monoisotopic (exact) mass is 229 g/mol. The lowest BCUT2D eigenvalue weighted by molar-refractivity contribution is -0.136. The van der Waals surface area contributed by atoms with Gasteiger partial charge in [0.15, 0.2) is 0 Å². The zero-order valence-corrected chi connectivity index (χ0v) is 8.62. The fourth-order valence-electron chi connectivity index (χ4n) is 1.58. The van der Waals surface area contributed by atoms with Gasteiger partial charge in [0.1, 0.15) is 0 Å². The highest BCUT2D eigenvalue weighted by molar-refractivity contribution is 8.25. The molecule has 0 radical (unpaired) electrons. The maximum Gasteiger partial charge on any atom is 0.307 e. The molecule has 0 saturated carbocycles. The highest BCUT2D eigenvalue weighted by atomic mass is 32.3. The van der Waals surface area contributed by atoms with Crippen LogP contribution in [0.5, 0.6) is 0 Å². The third-order valence-electron chi connectivity index (χ3n) is 2.16. The summed E-state index contributed by atoms with van der Waals surface area (Å²) in [4.78, 5) is 10.5. The van der Waals surface area contributed by atoms with Crippen molar-refractivity contribution in [1.82, 2.24) is 0 Å². The predicted octanol–water partition coefficient (Wildman–Crippen LogP) is 1.90. The zero-order chi connectivity index (χ0) is 11.1. The molecule has 0 spiro atoms. The van der Waals surface area contributed by atoms with E-state index in [0.29, 0.717) is 11.3 Å². The smallest absolute Gasteiger partial charge is 0.307 e. The van der Waals surface area contributed by atoms with Gasteiger partial charge in [-0.05, 0) is 17.2 Å². The number of benzene rings is 1. The Labute approximate surface area is 88.2 Å². The van der Waals surface area contributed by atoms with E-state index in [2.05, 4.69) is 4.72 Å². The van der Waals surface area contributed by atoms with Gasteiger partial charge in [-0.3, -0.25) is 18.6 Å². The number of nitrogens with one attached hydrogen (secondary N) is 1.